The molecule has 0 radical (unpaired) electrons. The summed E-state index contributed by atoms with van der Waals surface area (Å²) in [6.07, 6.45) is 0.824. The van der Waals surface area contributed by atoms with Gasteiger partial charge in [0.25, 0.3) is 0 Å². The largest absolute Gasteiger partial charge is 0.417 e. The Bertz CT molecular complexity index is 1040. The SMILES string of the molecule is CC(=O)C(C)Cc1cnc(C2=CCN(C(=O)Nc3ccc(C(F)(F)F)cn3)CC2)c(Cl)c1. The molecule has 10 heteroatoms. The van der Waals surface area contributed by atoms with Gasteiger partial charge < -0.3 is 4.90 Å². The first kappa shape index (κ1) is 23.7. The van der Waals surface area contributed by atoms with Gasteiger partial charge in [-0.15, -0.1) is 0 Å². The van der Waals surface area contributed by atoms with Crippen molar-refractivity contribution in [2.45, 2.75) is 32.9 Å². The van der Waals surface area contributed by atoms with Crippen LogP contribution in [0.25, 0.3) is 5.57 Å². The predicted molar refractivity (Wildman–Crippen MR) is 115 cm³/mol. The minimum Gasteiger partial charge on any atom is -0.320 e. The number of carbonyl (C=O) groups is 2. The second-order valence-electron chi connectivity index (χ2n) is 7.68. The van der Waals surface area contributed by atoms with Crippen LogP contribution in [0.4, 0.5) is 23.8 Å². The van der Waals surface area contributed by atoms with Crippen LogP contribution >= 0.6 is 11.6 Å². The van der Waals surface area contributed by atoms with Crippen molar-refractivity contribution < 1.29 is 22.8 Å². The first-order valence-electron chi connectivity index (χ1n) is 9.98. The van der Waals surface area contributed by atoms with Gasteiger partial charge in [-0.3, -0.25) is 15.1 Å². The first-order valence-corrected chi connectivity index (χ1v) is 10.4. The molecule has 32 heavy (non-hydrogen) atoms. The number of aromatic nitrogens is 2. The highest BCUT2D eigenvalue weighted by Gasteiger charge is 2.30. The molecule has 1 unspecified atom stereocenters. The molecule has 6 nitrogen and oxygen atoms in total. The number of hydrogen-bond acceptors (Lipinski definition) is 4. The van der Waals surface area contributed by atoms with Crippen molar-refractivity contribution in [3.8, 4) is 0 Å². The van der Waals surface area contributed by atoms with E-state index in [1.807, 2.05) is 13.0 Å². The van der Waals surface area contributed by atoms with Crippen LogP contribution in [0.3, 0.4) is 0 Å². The van der Waals surface area contributed by atoms with Crippen LogP contribution in [0, 0.1) is 5.92 Å². The van der Waals surface area contributed by atoms with E-state index in [2.05, 4.69) is 15.3 Å². The van der Waals surface area contributed by atoms with Crippen LogP contribution in [0.1, 0.15) is 37.1 Å². The van der Waals surface area contributed by atoms with Gasteiger partial charge in [0, 0.05) is 31.4 Å². The number of anilines is 1. The fourth-order valence-electron chi connectivity index (χ4n) is 3.22. The first-order chi connectivity index (χ1) is 15.0. The average molecular weight is 467 g/mol. The minimum absolute atomic E-state index is 0.0397. The minimum atomic E-state index is -4.48. The van der Waals surface area contributed by atoms with E-state index in [-0.39, 0.29) is 17.5 Å². The van der Waals surface area contributed by atoms with Gasteiger partial charge in [-0.2, -0.15) is 13.2 Å². The van der Waals surface area contributed by atoms with Crippen LogP contribution in [0.2, 0.25) is 5.02 Å². The number of amides is 2. The molecule has 1 aliphatic heterocycles. The van der Waals surface area contributed by atoms with Gasteiger partial charge in [0.2, 0.25) is 0 Å². The van der Waals surface area contributed by atoms with E-state index in [4.69, 9.17) is 11.6 Å². The molecule has 0 saturated carbocycles. The number of pyridine rings is 2. The predicted octanol–water partition coefficient (Wildman–Crippen LogP) is 5.24. The summed E-state index contributed by atoms with van der Waals surface area (Å²) in [5.41, 5.74) is 1.53. The number of rotatable bonds is 5. The van der Waals surface area contributed by atoms with E-state index in [1.54, 1.807) is 19.2 Å². The highest BCUT2D eigenvalue weighted by atomic mass is 35.5. The zero-order valence-corrected chi connectivity index (χ0v) is 18.3. The third-order valence-electron chi connectivity index (χ3n) is 5.26. The number of alkyl halides is 3. The summed E-state index contributed by atoms with van der Waals surface area (Å²) in [7, 11) is 0. The lowest BCUT2D eigenvalue weighted by atomic mass is 9.98. The second kappa shape index (κ2) is 9.68. The summed E-state index contributed by atoms with van der Waals surface area (Å²) in [5.74, 6) is 0.0294. The van der Waals surface area contributed by atoms with Crippen LogP contribution in [0.5, 0.6) is 0 Å². The Morgan fingerprint density at radius 1 is 1.25 bits per heavy atom. The second-order valence-corrected chi connectivity index (χ2v) is 8.08. The summed E-state index contributed by atoms with van der Waals surface area (Å²) in [6, 6.07) is 3.33. The lowest BCUT2D eigenvalue weighted by Gasteiger charge is -2.26. The third kappa shape index (κ3) is 5.85. The van der Waals surface area contributed by atoms with Gasteiger partial charge in [-0.25, -0.2) is 9.78 Å². The number of nitrogens with zero attached hydrogens (tertiary/aromatic N) is 3. The van der Waals surface area contributed by atoms with Crippen molar-refractivity contribution >= 4 is 34.8 Å². The number of urea groups is 1. The Kier molecular flexibility index (Phi) is 7.18. The van der Waals surface area contributed by atoms with Gasteiger partial charge in [-0.1, -0.05) is 24.6 Å². The van der Waals surface area contributed by atoms with Crippen molar-refractivity contribution in [1.29, 1.82) is 0 Å². The zero-order chi connectivity index (χ0) is 23.5. The fourth-order valence-corrected chi connectivity index (χ4v) is 3.53. The van der Waals surface area contributed by atoms with E-state index in [9.17, 15) is 22.8 Å². The molecular formula is C22H22ClF3N4O2. The van der Waals surface area contributed by atoms with Gasteiger partial charge in [0.15, 0.2) is 0 Å². The van der Waals surface area contributed by atoms with Gasteiger partial charge in [-0.05, 0) is 49.1 Å². The Hall–Kier alpha value is -2.94. The van der Waals surface area contributed by atoms with Gasteiger partial charge in [0.1, 0.15) is 11.6 Å². The summed E-state index contributed by atoms with van der Waals surface area (Å²) in [4.78, 5) is 33.5. The molecule has 3 heterocycles. The van der Waals surface area contributed by atoms with Gasteiger partial charge in [0.05, 0.1) is 16.3 Å². The summed E-state index contributed by atoms with van der Waals surface area (Å²) in [5, 5.41) is 2.98. The number of ketones is 1. The Labute approximate surface area is 188 Å². The van der Waals surface area contributed by atoms with Crippen molar-refractivity contribution in [1.82, 2.24) is 14.9 Å². The molecule has 2 aromatic rings. The maximum absolute atomic E-state index is 12.6. The molecule has 0 aliphatic carbocycles. The number of Topliss-reactive ketones (excluding diaryl/α,β-unsaturated/α-hetero) is 1. The standard InChI is InChI=1S/C22H22ClF3N4O2/c1-13(14(2)31)9-15-10-18(23)20(28-11-15)16-5-7-30(8-6-16)21(32)29-19-4-3-17(12-27-19)22(24,25)26/h3-5,10-13H,6-9H2,1-2H3,(H,27,29,32). The lowest BCUT2D eigenvalue weighted by Crippen LogP contribution is -2.38. The highest BCUT2D eigenvalue weighted by Crippen LogP contribution is 2.30. The van der Waals surface area contributed by atoms with Crippen LogP contribution in [-0.4, -0.2) is 39.8 Å². The van der Waals surface area contributed by atoms with E-state index >= 15 is 0 Å². The number of hydrogen-bond donors (Lipinski definition) is 1. The van der Waals surface area contributed by atoms with E-state index in [1.165, 1.54) is 4.90 Å². The van der Waals surface area contributed by atoms with Crippen molar-refractivity contribution in [2.24, 2.45) is 5.92 Å². The zero-order valence-electron chi connectivity index (χ0n) is 17.5. The summed E-state index contributed by atoms with van der Waals surface area (Å²) < 4.78 is 37.9. The highest BCUT2D eigenvalue weighted by molar-refractivity contribution is 6.32. The van der Waals surface area contributed by atoms with Crippen molar-refractivity contribution in [3.05, 3.63) is 58.5 Å². The number of halogens is 4. The topological polar surface area (TPSA) is 75.2 Å². The lowest BCUT2D eigenvalue weighted by molar-refractivity contribution is -0.137. The molecular weight excluding hydrogens is 445 g/mol. The molecule has 1 N–H and O–H groups in total. The van der Waals surface area contributed by atoms with E-state index in [0.29, 0.717) is 42.8 Å². The third-order valence-corrected chi connectivity index (χ3v) is 5.55. The quantitative estimate of drug-likeness (QED) is 0.654. The maximum atomic E-state index is 12.6. The summed E-state index contributed by atoms with van der Waals surface area (Å²) in [6.45, 7) is 4.09. The summed E-state index contributed by atoms with van der Waals surface area (Å²) >= 11 is 6.41. The van der Waals surface area contributed by atoms with Crippen LogP contribution in [-0.2, 0) is 17.4 Å². The maximum Gasteiger partial charge on any atom is 0.417 e. The number of carbonyl (C=O) groups excluding carboxylic acids is 2. The Morgan fingerprint density at radius 2 is 2.00 bits per heavy atom. The Balaban J connectivity index is 1.61. The monoisotopic (exact) mass is 466 g/mol. The molecule has 0 fully saturated rings. The molecule has 3 rings (SSSR count). The Morgan fingerprint density at radius 3 is 2.53 bits per heavy atom. The molecule has 0 aromatic carbocycles. The smallest absolute Gasteiger partial charge is 0.320 e. The molecule has 0 bridgehead atoms. The number of nitrogens with one attached hydrogen (secondary N) is 1. The average Bonchev–Trinajstić information content (AvgIpc) is 2.73. The van der Waals surface area contributed by atoms with Crippen molar-refractivity contribution in [2.75, 3.05) is 18.4 Å². The molecule has 1 atom stereocenters. The van der Waals surface area contributed by atoms with Gasteiger partial charge >= 0.3 is 12.2 Å². The van der Waals surface area contributed by atoms with E-state index < -0.39 is 17.8 Å². The fraction of sp³-hybridized carbons (Fsp3) is 0.364. The van der Waals surface area contributed by atoms with Crippen LogP contribution in [0.15, 0.2) is 36.7 Å². The molecule has 0 spiro atoms. The molecule has 170 valence electrons. The van der Waals surface area contributed by atoms with E-state index in [0.717, 1.165) is 23.3 Å². The molecule has 2 amide bonds. The normalized spacial score (nSPS) is 15.2. The van der Waals surface area contributed by atoms with Crippen LogP contribution < -0.4 is 5.32 Å². The molecule has 2 aromatic heterocycles. The molecule has 1 aliphatic rings. The van der Waals surface area contributed by atoms with Crippen molar-refractivity contribution in [3.63, 3.8) is 0 Å². The molecule has 0 saturated heterocycles.